The second-order valence-electron chi connectivity index (χ2n) is 3.61. The zero-order chi connectivity index (χ0) is 10.6. The highest BCUT2D eigenvalue weighted by molar-refractivity contribution is 5.20. The molecule has 0 bridgehead atoms. The van der Waals surface area contributed by atoms with Gasteiger partial charge in [-0.1, -0.05) is 18.2 Å². The molecule has 1 aromatic rings. The lowest BCUT2D eigenvalue weighted by molar-refractivity contribution is -0.870. The standard InChI is InChI=1S/C10H15N3O2/c14-13(8-11-12-9-13)6-7-15-10-4-2-1-3-5-10/h1-5,11-12H,6-9H2. The van der Waals surface area contributed by atoms with Crippen LogP contribution >= 0.6 is 0 Å². The Morgan fingerprint density at radius 3 is 2.53 bits per heavy atom. The molecule has 2 N–H and O–H groups in total. The number of hydrogen-bond donors (Lipinski definition) is 2. The van der Waals surface area contributed by atoms with Crippen LogP contribution in [0.3, 0.4) is 0 Å². The number of ether oxygens (including phenoxy) is 1. The van der Waals surface area contributed by atoms with Gasteiger partial charge in [-0.25, -0.2) is 10.9 Å². The molecule has 5 heteroatoms. The molecule has 0 spiro atoms. The summed E-state index contributed by atoms with van der Waals surface area (Å²) < 4.78 is 5.18. The van der Waals surface area contributed by atoms with Gasteiger partial charge >= 0.3 is 0 Å². The number of hydroxylamine groups is 3. The molecule has 0 aliphatic carbocycles. The minimum atomic E-state index is -0.285. The van der Waals surface area contributed by atoms with Crippen LogP contribution in [0.15, 0.2) is 30.3 Å². The molecule has 0 unspecified atom stereocenters. The Kier molecular flexibility index (Phi) is 3.17. The Morgan fingerprint density at radius 2 is 1.87 bits per heavy atom. The van der Waals surface area contributed by atoms with Crippen molar-refractivity contribution in [2.45, 2.75) is 0 Å². The smallest absolute Gasteiger partial charge is 0.146 e. The molecule has 0 aromatic heterocycles. The topological polar surface area (TPSA) is 56.4 Å². The van der Waals surface area contributed by atoms with Crippen molar-refractivity contribution in [3.63, 3.8) is 0 Å². The molecule has 5 nitrogen and oxygen atoms in total. The SMILES string of the molecule is [O-][N+]1(CCOc2ccccc2)CNNC1. The summed E-state index contributed by atoms with van der Waals surface area (Å²) in [6.45, 7) is 1.70. The molecule has 0 saturated carbocycles. The summed E-state index contributed by atoms with van der Waals surface area (Å²) >= 11 is 0. The molecule has 1 aliphatic rings. The Morgan fingerprint density at radius 1 is 1.20 bits per heavy atom. The van der Waals surface area contributed by atoms with Gasteiger partial charge in [0, 0.05) is 0 Å². The van der Waals surface area contributed by atoms with E-state index in [-0.39, 0.29) is 4.65 Å². The average molecular weight is 209 g/mol. The van der Waals surface area contributed by atoms with Gasteiger partial charge in [-0.05, 0) is 12.1 Å². The third-order valence-electron chi connectivity index (χ3n) is 2.37. The van der Waals surface area contributed by atoms with Crippen LogP contribution in [-0.2, 0) is 0 Å². The van der Waals surface area contributed by atoms with E-state index >= 15 is 0 Å². The average Bonchev–Trinajstić information content (AvgIpc) is 2.67. The summed E-state index contributed by atoms with van der Waals surface area (Å²) in [4.78, 5) is 0. The van der Waals surface area contributed by atoms with E-state index in [2.05, 4.69) is 10.9 Å². The van der Waals surface area contributed by atoms with Crippen molar-refractivity contribution >= 4 is 0 Å². The van der Waals surface area contributed by atoms with E-state index in [1.54, 1.807) is 0 Å². The van der Waals surface area contributed by atoms with Crippen molar-refractivity contribution in [3.05, 3.63) is 35.5 Å². The maximum absolute atomic E-state index is 11.8. The zero-order valence-corrected chi connectivity index (χ0v) is 8.48. The highest BCUT2D eigenvalue weighted by Crippen LogP contribution is 2.09. The molecule has 1 heterocycles. The van der Waals surface area contributed by atoms with Crippen LogP contribution in [0.2, 0.25) is 0 Å². The maximum atomic E-state index is 11.8. The lowest BCUT2D eigenvalue weighted by Gasteiger charge is -2.35. The van der Waals surface area contributed by atoms with E-state index in [1.165, 1.54) is 0 Å². The molecule has 0 radical (unpaired) electrons. The number of hydrogen-bond acceptors (Lipinski definition) is 4. The van der Waals surface area contributed by atoms with Crippen molar-refractivity contribution in [2.75, 3.05) is 26.5 Å². The summed E-state index contributed by atoms with van der Waals surface area (Å²) in [7, 11) is 0. The first-order chi connectivity index (χ1) is 7.29. The van der Waals surface area contributed by atoms with Crippen LogP contribution in [0.5, 0.6) is 5.75 Å². The molecule has 0 amide bonds. The maximum Gasteiger partial charge on any atom is 0.146 e. The highest BCUT2D eigenvalue weighted by Gasteiger charge is 2.21. The molecule has 82 valence electrons. The van der Waals surface area contributed by atoms with E-state index in [4.69, 9.17) is 4.74 Å². The number of rotatable bonds is 4. The van der Waals surface area contributed by atoms with Crippen LogP contribution in [0, 0.1) is 5.21 Å². The minimum absolute atomic E-state index is 0.285. The van der Waals surface area contributed by atoms with Crippen LogP contribution in [0.4, 0.5) is 0 Å². The van der Waals surface area contributed by atoms with Crippen LogP contribution in [-0.4, -0.2) is 31.1 Å². The first kappa shape index (κ1) is 10.4. The number of nitrogens with zero attached hydrogens (tertiary/aromatic N) is 1. The van der Waals surface area contributed by atoms with E-state index in [1.807, 2.05) is 30.3 Å². The summed E-state index contributed by atoms with van der Waals surface area (Å²) in [5.74, 6) is 0.809. The van der Waals surface area contributed by atoms with Gasteiger partial charge in [-0.15, -0.1) is 0 Å². The lowest BCUT2D eigenvalue weighted by Crippen LogP contribution is -2.44. The Balaban J connectivity index is 1.75. The predicted molar refractivity (Wildman–Crippen MR) is 56.4 cm³/mol. The Labute approximate surface area is 88.8 Å². The third kappa shape index (κ3) is 2.90. The van der Waals surface area contributed by atoms with E-state index in [9.17, 15) is 5.21 Å². The second-order valence-corrected chi connectivity index (χ2v) is 3.61. The summed E-state index contributed by atoms with van der Waals surface area (Å²) in [6, 6.07) is 9.53. The molecular weight excluding hydrogens is 194 g/mol. The zero-order valence-electron chi connectivity index (χ0n) is 8.48. The highest BCUT2D eigenvalue weighted by atomic mass is 16.6. The number of nitrogens with one attached hydrogen (secondary N) is 2. The van der Waals surface area contributed by atoms with Gasteiger partial charge in [0.15, 0.2) is 0 Å². The van der Waals surface area contributed by atoms with Gasteiger partial charge in [0.1, 0.15) is 32.2 Å². The normalized spacial score (nSPS) is 19.0. The van der Waals surface area contributed by atoms with Gasteiger partial charge in [0.05, 0.1) is 0 Å². The van der Waals surface area contributed by atoms with E-state index in [0.717, 1.165) is 5.75 Å². The van der Waals surface area contributed by atoms with Gasteiger partial charge in [-0.3, -0.25) is 0 Å². The van der Waals surface area contributed by atoms with E-state index in [0.29, 0.717) is 26.5 Å². The fourth-order valence-corrected chi connectivity index (χ4v) is 1.46. The molecule has 15 heavy (non-hydrogen) atoms. The predicted octanol–water partition coefficient (Wildman–Crippen LogP) is 0.403. The Hall–Kier alpha value is -1.14. The molecule has 1 aliphatic heterocycles. The van der Waals surface area contributed by atoms with E-state index < -0.39 is 0 Å². The summed E-state index contributed by atoms with van der Waals surface area (Å²) in [5.41, 5.74) is 5.63. The van der Waals surface area contributed by atoms with Crippen LogP contribution < -0.4 is 15.6 Å². The van der Waals surface area contributed by atoms with Crippen molar-refractivity contribution in [1.29, 1.82) is 0 Å². The van der Waals surface area contributed by atoms with Crippen LogP contribution in [0.1, 0.15) is 0 Å². The minimum Gasteiger partial charge on any atom is -0.631 e. The molecule has 0 atom stereocenters. The number of quaternary nitrogens is 1. The van der Waals surface area contributed by atoms with Crippen LogP contribution in [0.25, 0.3) is 0 Å². The number of benzene rings is 1. The first-order valence-corrected chi connectivity index (χ1v) is 4.99. The van der Waals surface area contributed by atoms with Crippen molar-refractivity contribution in [3.8, 4) is 5.75 Å². The lowest BCUT2D eigenvalue weighted by atomic mass is 10.3. The molecule has 1 aromatic carbocycles. The second kappa shape index (κ2) is 4.59. The monoisotopic (exact) mass is 209 g/mol. The van der Waals surface area contributed by atoms with Gasteiger partial charge in [-0.2, -0.15) is 0 Å². The third-order valence-corrected chi connectivity index (χ3v) is 2.37. The fourth-order valence-electron chi connectivity index (χ4n) is 1.46. The summed E-state index contributed by atoms with van der Waals surface area (Å²) in [6.07, 6.45) is 0. The fraction of sp³-hybridized carbons (Fsp3) is 0.400. The Bertz CT molecular complexity index is 299. The van der Waals surface area contributed by atoms with Crippen molar-refractivity contribution < 1.29 is 9.38 Å². The summed E-state index contributed by atoms with van der Waals surface area (Å²) in [5, 5.41) is 11.8. The quantitative estimate of drug-likeness (QED) is 0.557. The number of para-hydroxylation sites is 1. The van der Waals surface area contributed by atoms with Gasteiger partial charge in [0.2, 0.25) is 0 Å². The van der Waals surface area contributed by atoms with Crippen molar-refractivity contribution in [2.24, 2.45) is 0 Å². The molecule has 1 fully saturated rings. The van der Waals surface area contributed by atoms with Gasteiger partial charge in [0.25, 0.3) is 0 Å². The first-order valence-electron chi connectivity index (χ1n) is 4.99. The molecular formula is C10H15N3O2. The molecule has 1 saturated heterocycles. The largest absolute Gasteiger partial charge is 0.631 e. The number of hydrazine groups is 1. The van der Waals surface area contributed by atoms with Gasteiger partial charge < -0.3 is 14.6 Å². The molecule has 2 rings (SSSR count). The van der Waals surface area contributed by atoms with Crippen molar-refractivity contribution in [1.82, 2.24) is 10.9 Å².